The highest BCUT2D eigenvalue weighted by Crippen LogP contribution is 2.33. The summed E-state index contributed by atoms with van der Waals surface area (Å²) >= 11 is 0. The third kappa shape index (κ3) is 2.12. The fourth-order valence-electron chi connectivity index (χ4n) is 2.30. The number of hydrogen-bond donors (Lipinski definition) is 0. The third-order valence-electron chi connectivity index (χ3n) is 3.12. The number of hydrogen-bond acceptors (Lipinski definition) is 2. The molecule has 0 bridgehead atoms. The minimum Gasteiger partial charge on any atom is -0.298 e. The van der Waals surface area contributed by atoms with E-state index < -0.39 is 17.6 Å². The van der Waals surface area contributed by atoms with Gasteiger partial charge in [-0.05, 0) is 24.1 Å². The van der Waals surface area contributed by atoms with Crippen molar-refractivity contribution in [2.45, 2.75) is 19.3 Å². The molecule has 0 aliphatic heterocycles. The van der Waals surface area contributed by atoms with Crippen LogP contribution in [-0.2, 0) is 4.79 Å². The highest BCUT2D eigenvalue weighted by atomic mass is 19.1. The Morgan fingerprint density at radius 1 is 1.24 bits per heavy atom. The van der Waals surface area contributed by atoms with Gasteiger partial charge in [-0.1, -0.05) is 6.92 Å². The second-order valence-electron chi connectivity index (χ2n) is 4.36. The molecule has 0 spiro atoms. The molecule has 90 valence electrons. The minimum absolute atomic E-state index is 0.0180. The number of aliphatic imine (C=N–C) groups is 1. The van der Waals surface area contributed by atoms with Gasteiger partial charge >= 0.3 is 0 Å². The van der Waals surface area contributed by atoms with Crippen LogP contribution < -0.4 is 0 Å². The van der Waals surface area contributed by atoms with Crippen molar-refractivity contribution in [2.24, 2.45) is 10.9 Å². The number of carbonyl (C=O) groups excluding carboxylic acids is 1. The van der Waals surface area contributed by atoms with Crippen LogP contribution in [0.3, 0.4) is 0 Å². The predicted octanol–water partition coefficient (Wildman–Crippen LogP) is 2.73. The predicted molar refractivity (Wildman–Crippen MR) is 61.2 cm³/mol. The molecule has 17 heavy (non-hydrogen) atoms. The second-order valence-corrected chi connectivity index (χ2v) is 4.36. The Morgan fingerprint density at radius 3 is 2.35 bits per heavy atom. The number of nitrogens with zero attached hydrogens (tertiary/aromatic N) is 1. The lowest BCUT2D eigenvalue weighted by Gasteiger charge is -2.10. The Bertz CT molecular complexity index is 476. The molecule has 0 aromatic heterocycles. The topological polar surface area (TPSA) is 29.4 Å². The molecule has 0 saturated heterocycles. The lowest BCUT2D eigenvalue weighted by Crippen LogP contribution is -2.14. The molecule has 4 heteroatoms. The number of ketones is 1. The Labute approximate surface area is 98.4 Å². The van der Waals surface area contributed by atoms with Crippen LogP contribution in [0, 0.1) is 17.6 Å². The van der Waals surface area contributed by atoms with E-state index in [0.29, 0.717) is 17.7 Å². The summed E-state index contributed by atoms with van der Waals surface area (Å²) in [5.74, 6) is -2.06. The monoisotopic (exact) mass is 237 g/mol. The van der Waals surface area contributed by atoms with Crippen LogP contribution in [0.1, 0.15) is 24.8 Å². The Hall–Kier alpha value is -1.58. The summed E-state index contributed by atoms with van der Waals surface area (Å²) in [6.45, 7) is 1.81. The van der Waals surface area contributed by atoms with Crippen LogP contribution in [0.15, 0.2) is 23.2 Å². The van der Waals surface area contributed by atoms with E-state index in [1.165, 1.54) is 12.1 Å². The quantitative estimate of drug-likeness (QED) is 0.738. The van der Waals surface area contributed by atoms with Crippen LogP contribution in [-0.4, -0.2) is 18.5 Å². The van der Waals surface area contributed by atoms with Gasteiger partial charge in [0.15, 0.2) is 0 Å². The van der Waals surface area contributed by atoms with Crippen molar-refractivity contribution in [3.63, 3.8) is 0 Å². The van der Waals surface area contributed by atoms with E-state index in [9.17, 15) is 13.6 Å². The maximum Gasteiger partial charge on any atom is 0.149 e. The number of benzene rings is 1. The van der Waals surface area contributed by atoms with Gasteiger partial charge in [-0.3, -0.25) is 9.79 Å². The Balaban J connectivity index is 2.48. The molecule has 2 rings (SSSR count). The zero-order chi connectivity index (χ0) is 12.6. The second kappa shape index (κ2) is 4.35. The van der Waals surface area contributed by atoms with Gasteiger partial charge in [0.1, 0.15) is 17.4 Å². The van der Waals surface area contributed by atoms with E-state index in [0.717, 1.165) is 6.07 Å². The van der Waals surface area contributed by atoms with Crippen molar-refractivity contribution in [3.05, 3.63) is 35.4 Å². The smallest absolute Gasteiger partial charge is 0.149 e. The molecular formula is C13H13F2NO. The Kier molecular flexibility index (Phi) is 3.05. The fourth-order valence-corrected chi connectivity index (χ4v) is 2.30. The van der Waals surface area contributed by atoms with E-state index in [1.54, 1.807) is 7.05 Å². The number of carbonyl (C=O) groups is 1. The van der Waals surface area contributed by atoms with E-state index in [-0.39, 0.29) is 11.7 Å². The van der Waals surface area contributed by atoms with Crippen molar-refractivity contribution in [1.29, 1.82) is 0 Å². The molecule has 1 aromatic carbocycles. The molecule has 2 atom stereocenters. The van der Waals surface area contributed by atoms with Gasteiger partial charge < -0.3 is 0 Å². The maximum absolute atomic E-state index is 13.1. The summed E-state index contributed by atoms with van der Waals surface area (Å²) in [4.78, 5) is 16.0. The van der Waals surface area contributed by atoms with E-state index in [1.807, 2.05) is 6.92 Å². The van der Waals surface area contributed by atoms with Gasteiger partial charge in [0, 0.05) is 24.7 Å². The zero-order valence-electron chi connectivity index (χ0n) is 9.71. The van der Waals surface area contributed by atoms with Gasteiger partial charge in [0.25, 0.3) is 0 Å². The summed E-state index contributed by atoms with van der Waals surface area (Å²) in [5.41, 5.74) is 1.06. The molecule has 0 radical (unpaired) electrons. The average Bonchev–Trinajstić information content (AvgIpc) is 2.53. The van der Waals surface area contributed by atoms with Gasteiger partial charge in [0.2, 0.25) is 0 Å². The first kappa shape index (κ1) is 11.9. The summed E-state index contributed by atoms with van der Waals surface area (Å²) < 4.78 is 26.3. The normalized spacial score (nSPS) is 26.8. The molecule has 1 saturated carbocycles. The number of halogens is 2. The molecule has 1 aliphatic rings. The lowest BCUT2D eigenvalue weighted by molar-refractivity contribution is -0.121. The number of rotatable bonds is 1. The standard InChI is InChI=1S/C13H13F2NO/c1-7-3-11(16-2)12(13(7)17)8-4-9(14)6-10(15)5-8/h4-7,12H,3H2,1-2H3. The van der Waals surface area contributed by atoms with E-state index in [2.05, 4.69) is 4.99 Å². The maximum atomic E-state index is 13.1. The van der Waals surface area contributed by atoms with Crippen molar-refractivity contribution >= 4 is 11.5 Å². The summed E-state index contributed by atoms with van der Waals surface area (Å²) in [5, 5.41) is 0. The molecule has 1 aliphatic carbocycles. The van der Waals surface area contributed by atoms with Gasteiger partial charge in [-0.2, -0.15) is 0 Å². The average molecular weight is 237 g/mol. The fraction of sp³-hybridized carbons (Fsp3) is 0.385. The molecule has 0 amide bonds. The highest BCUT2D eigenvalue weighted by molar-refractivity contribution is 6.16. The van der Waals surface area contributed by atoms with Crippen LogP contribution in [0.25, 0.3) is 0 Å². The van der Waals surface area contributed by atoms with E-state index in [4.69, 9.17) is 0 Å². The first-order valence-corrected chi connectivity index (χ1v) is 5.48. The molecule has 1 aromatic rings. The van der Waals surface area contributed by atoms with Crippen molar-refractivity contribution in [3.8, 4) is 0 Å². The number of Topliss-reactive ketones (excluding diaryl/α,β-unsaturated/α-hetero) is 1. The zero-order valence-corrected chi connectivity index (χ0v) is 9.71. The van der Waals surface area contributed by atoms with Crippen LogP contribution in [0.4, 0.5) is 8.78 Å². The first-order chi connectivity index (χ1) is 8.02. The summed E-state index contributed by atoms with van der Waals surface area (Å²) in [6, 6.07) is 3.21. The van der Waals surface area contributed by atoms with Crippen molar-refractivity contribution < 1.29 is 13.6 Å². The van der Waals surface area contributed by atoms with Crippen LogP contribution >= 0.6 is 0 Å². The minimum atomic E-state index is -0.664. The lowest BCUT2D eigenvalue weighted by atomic mass is 9.94. The van der Waals surface area contributed by atoms with Crippen molar-refractivity contribution in [1.82, 2.24) is 0 Å². The molecule has 0 N–H and O–H groups in total. The first-order valence-electron chi connectivity index (χ1n) is 5.48. The highest BCUT2D eigenvalue weighted by Gasteiger charge is 2.37. The largest absolute Gasteiger partial charge is 0.298 e. The molecule has 2 unspecified atom stereocenters. The third-order valence-corrected chi connectivity index (χ3v) is 3.12. The molecule has 2 nitrogen and oxygen atoms in total. The summed E-state index contributed by atoms with van der Waals surface area (Å²) in [6.07, 6.45) is 0.568. The van der Waals surface area contributed by atoms with Crippen LogP contribution in [0.2, 0.25) is 0 Å². The van der Waals surface area contributed by atoms with E-state index >= 15 is 0 Å². The summed E-state index contributed by atoms with van der Waals surface area (Å²) in [7, 11) is 1.60. The molecule has 0 heterocycles. The van der Waals surface area contributed by atoms with Gasteiger partial charge in [0.05, 0.1) is 5.92 Å². The van der Waals surface area contributed by atoms with Gasteiger partial charge in [-0.15, -0.1) is 0 Å². The Morgan fingerprint density at radius 2 is 1.82 bits per heavy atom. The molecular weight excluding hydrogens is 224 g/mol. The SMILES string of the molecule is CN=C1CC(C)C(=O)C1c1cc(F)cc(F)c1. The van der Waals surface area contributed by atoms with Gasteiger partial charge in [-0.25, -0.2) is 8.78 Å². The van der Waals surface area contributed by atoms with Crippen LogP contribution in [0.5, 0.6) is 0 Å². The molecule has 1 fully saturated rings. The van der Waals surface area contributed by atoms with Crippen molar-refractivity contribution in [2.75, 3.05) is 7.05 Å².